The Balaban J connectivity index is 1.26. The predicted octanol–water partition coefficient (Wildman–Crippen LogP) is 6.30. The van der Waals surface area contributed by atoms with Gasteiger partial charge in [-0.25, -0.2) is 9.59 Å². The number of piperidine rings is 2. The summed E-state index contributed by atoms with van der Waals surface area (Å²) in [5, 5.41) is 3.30. The molecular formula is C35H64N5O4+. The van der Waals surface area contributed by atoms with Crippen LogP contribution in [0.15, 0.2) is 0 Å². The molecule has 4 saturated heterocycles. The minimum atomic E-state index is -0.516. The minimum Gasteiger partial charge on any atom is -0.444 e. The van der Waals surface area contributed by atoms with E-state index in [0.29, 0.717) is 6.54 Å². The fourth-order valence-electron chi connectivity index (χ4n) is 8.38. The number of ether oxygens (including phenoxy) is 1. The molecule has 4 aliphatic heterocycles. The molecule has 4 fully saturated rings. The fourth-order valence-corrected chi connectivity index (χ4v) is 8.38. The van der Waals surface area contributed by atoms with Crippen LogP contribution < -0.4 is 5.32 Å². The van der Waals surface area contributed by atoms with Crippen LogP contribution in [0, 0.1) is 0 Å². The summed E-state index contributed by atoms with van der Waals surface area (Å²) in [7, 11) is 0. The van der Waals surface area contributed by atoms with Gasteiger partial charge >= 0.3 is 12.1 Å². The number of carbonyl (C=O) groups is 3. The van der Waals surface area contributed by atoms with Gasteiger partial charge in [0.15, 0.2) is 0 Å². The van der Waals surface area contributed by atoms with Crippen molar-refractivity contribution in [1.82, 2.24) is 20.0 Å². The quantitative estimate of drug-likeness (QED) is 0.163. The Labute approximate surface area is 268 Å². The van der Waals surface area contributed by atoms with Gasteiger partial charge in [-0.2, -0.15) is 0 Å². The summed E-state index contributed by atoms with van der Waals surface area (Å²) in [4.78, 5) is 45.8. The number of fused-ring (bicyclic) bond motifs is 4. The van der Waals surface area contributed by atoms with E-state index in [4.69, 9.17) is 4.74 Å². The van der Waals surface area contributed by atoms with Crippen molar-refractivity contribution in [2.24, 2.45) is 0 Å². The summed E-state index contributed by atoms with van der Waals surface area (Å²) in [6, 6.07) is 0.160. The highest BCUT2D eigenvalue weighted by molar-refractivity contribution is 5.89. The second-order valence-corrected chi connectivity index (χ2v) is 15.3. The number of carbonyl (C=O) groups excluding carboxylic acids is 3. The third-order valence-electron chi connectivity index (χ3n) is 10.7. The Bertz CT molecular complexity index is 931. The lowest BCUT2D eigenvalue weighted by atomic mass is 9.95. The van der Waals surface area contributed by atoms with Gasteiger partial charge in [0.2, 0.25) is 5.91 Å². The molecule has 0 aromatic carbocycles. The first-order valence-electron chi connectivity index (χ1n) is 18.2. The average molecular weight is 619 g/mol. The van der Waals surface area contributed by atoms with Crippen LogP contribution >= 0.6 is 0 Å². The van der Waals surface area contributed by atoms with Crippen LogP contribution in [-0.2, 0) is 9.53 Å². The molecule has 0 aliphatic carbocycles. The van der Waals surface area contributed by atoms with Crippen molar-refractivity contribution in [3.05, 3.63) is 0 Å². The lowest BCUT2D eigenvalue weighted by Gasteiger charge is -2.40. The van der Waals surface area contributed by atoms with Crippen LogP contribution in [0.25, 0.3) is 0 Å². The number of nitrogens with one attached hydrogen (secondary N) is 1. The standard InChI is InChI=1S/C35H63N5O4/c1-7-10-20-40(21-11-8-2,22-12-9-3)23-14-13-19-37-30-17-18-31(38(26-30)33(37)42)32(41)36-27-24-28-15-16-29(25-27)39(28)34(43)44-35(4,5)6/h27-31H,7-26H2,1-6H3/p+1/t27?,28?,29?,30-,31+/m1/s1. The Hall–Kier alpha value is -2.03. The number of hydrogen-bond acceptors (Lipinski definition) is 4. The predicted molar refractivity (Wildman–Crippen MR) is 175 cm³/mol. The second-order valence-electron chi connectivity index (χ2n) is 15.3. The van der Waals surface area contributed by atoms with Crippen LogP contribution in [0.4, 0.5) is 9.59 Å². The van der Waals surface area contributed by atoms with E-state index in [1.165, 1.54) is 69.2 Å². The molecule has 4 aliphatic rings. The van der Waals surface area contributed by atoms with E-state index in [-0.39, 0.29) is 48.2 Å². The molecule has 2 unspecified atom stereocenters. The van der Waals surface area contributed by atoms with Crippen LogP contribution in [0.2, 0.25) is 0 Å². The average Bonchev–Trinajstić information content (AvgIpc) is 3.39. The highest BCUT2D eigenvalue weighted by Crippen LogP contribution is 2.37. The molecule has 4 bridgehead atoms. The summed E-state index contributed by atoms with van der Waals surface area (Å²) in [5.41, 5.74) is -0.516. The Morgan fingerprint density at radius 2 is 1.36 bits per heavy atom. The molecule has 44 heavy (non-hydrogen) atoms. The maximum absolute atomic E-state index is 13.6. The number of hydrogen-bond donors (Lipinski definition) is 1. The van der Waals surface area contributed by atoms with Gasteiger partial charge < -0.3 is 29.2 Å². The van der Waals surface area contributed by atoms with Gasteiger partial charge in [0.1, 0.15) is 11.6 Å². The SMILES string of the molecule is CCCC[N+](CCCC)(CCCC)CCCCN1C(=O)N2C[C@H]1CC[C@H]2C(=O)NC1CC2CCC(C1)N2C(=O)OC(C)(C)C. The highest BCUT2D eigenvalue weighted by atomic mass is 16.6. The van der Waals surface area contributed by atoms with Crippen molar-refractivity contribution in [1.29, 1.82) is 0 Å². The number of urea groups is 1. The van der Waals surface area contributed by atoms with Crippen molar-refractivity contribution in [3.63, 3.8) is 0 Å². The topological polar surface area (TPSA) is 82.2 Å². The molecule has 0 radical (unpaired) electrons. The molecule has 0 spiro atoms. The molecule has 4 heterocycles. The van der Waals surface area contributed by atoms with E-state index in [2.05, 4.69) is 31.0 Å². The Morgan fingerprint density at radius 3 is 1.91 bits per heavy atom. The lowest BCUT2D eigenvalue weighted by molar-refractivity contribution is -0.929. The maximum atomic E-state index is 13.6. The zero-order valence-corrected chi connectivity index (χ0v) is 29.0. The smallest absolute Gasteiger partial charge is 0.410 e. The van der Waals surface area contributed by atoms with Gasteiger partial charge in [-0.3, -0.25) is 4.79 Å². The Kier molecular flexibility index (Phi) is 12.3. The van der Waals surface area contributed by atoms with E-state index in [9.17, 15) is 14.4 Å². The second kappa shape index (κ2) is 15.5. The molecule has 0 aromatic heterocycles. The van der Waals surface area contributed by atoms with E-state index in [1.54, 1.807) is 0 Å². The van der Waals surface area contributed by atoms with Crippen molar-refractivity contribution in [2.45, 2.75) is 167 Å². The molecular weight excluding hydrogens is 554 g/mol. The molecule has 1 N–H and O–H groups in total. The zero-order chi connectivity index (χ0) is 31.9. The van der Waals surface area contributed by atoms with E-state index in [1.807, 2.05) is 30.6 Å². The maximum Gasteiger partial charge on any atom is 0.410 e. The van der Waals surface area contributed by atoms with E-state index in [0.717, 1.165) is 57.9 Å². The van der Waals surface area contributed by atoms with E-state index >= 15 is 0 Å². The van der Waals surface area contributed by atoms with Crippen molar-refractivity contribution in [3.8, 4) is 0 Å². The van der Waals surface area contributed by atoms with E-state index < -0.39 is 5.60 Å². The highest BCUT2D eigenvalue weighted by Gasteiger charge is 2.49. The lowest BCUT2D eigenvalue weighted by Crippen LogP contribution is -2.57. The molecule has 9 heteroatoms. The first-order chi connectivity index (χ1) is 21.0. The number of rotatable bonds is 16. The molecule has 4 atom stereocenters. The molecule has 0 saturated carbocycles. The number of amides is 4. The molecule has 4 amide bonds. The molecule has 4 rings (SSSR count). The third-order valence-corrected chi connectivity index (χ3v) is 10.7. The monoisotopic (exact) mass is 618 g/mol. The zero-order valence-electron chi connectivity index (χ0n) is 29.0. The minimum absolute atomic E-state index is 0.0152. The van der Waals surface area contributed by atoms with Crippen molar-refractivity contribution in [2.75, 3.05) is 39.3 Å². The fraction of sp³-hybridized carbons (Fsp3) is 0.914. The van der Waals surface area contributed by atoms with Crippen LogP contribution in [0.5, 0.6) is 0 Å². The summed E-state index contributed by atoms with van der Waals surface area (Å²) in [6.45, 7) is 19.1. The van der Waals surface area contributed by atoms with Gasteiger partial charge in [-0.15, -0.1) is 0 Å². The van der Waals surface area contributed by atoms with Crippen LogP contribution in [-0.4, -0.2) is 112 Å². The molecule has 9 nitrogen and oxygen atoms in total. The first-order valence-corrected chi connectivity index (χ1v) is 18.2. The van der Waals surface area contributed by atoms with Gasteiger partial charge in [-0.05, 0) is 91.4 Å². The first kappa shape index (κ1) is 34.8. The summed E-state index contributed by atoms with van der Waals surface area (Å²) in [5.74, 6) is -0.0152. The van der Waals surface area contributed by atoms with Gasteiger partial charge in [0.25, 0.3) is 0 Å². The number of quaternary nitrogens is 1. The summed E-state index contributed by atoms with van der Waals surface area (Å²) in [6.07, 6.45) is 14.6. The summed E-state index contributed by atoms with van der Waals surface area (Å²) >= 11 is 0. The van der Waals surface area contributed by atoms with Gasteiger partial charge in [0, 0.05) is 31.2 Å². The normalized spacial score (nSPS) is 26.8. The van der Waals surface area contributed by atoms with Crippen molar-refractivity contribution >= 4 is 18.0 Å². The largest absolute Gasteiger partial charge is 0.444 e. The molecule has 252 valence electrons. The van der Waals surface area contributed by atoms with Gasteiger partial charge in [-0.1, -0.05) is 40.0 Å². The number of nitrogens with zero attached hydrogens (tertiary/aromatic N) is 4. The van der Waals surface area contributed by atoms with Crippen molar-refractivity contribution < 1.29 is 23.6 Å². The van der Waals surface area contributed by atoms with Crippen LogP contribution in [0.1, 0.15) is 131 Å². The number of unbranched alkanes of at least 4 members (excludes halogenated alkanes) is 4. The van der Waals surface area contributed by atoms with Gasteiger partial charge in [0.05, 0.1) is 32.2 Å². The molecule has 0 aromatic rings. The summed E-state index contributed by atoms with van der Waals surface area (Å²) < 4.78 is 6.92. The Morgan fingerprint density at radius 1 is 0.818 bits per heavy atom. The third kappa shape index (κ3) is 8.61. The van der Waals surface area contributed by atoms with Crippen LogP contribution in [0.3, 0.4) is 0 Å².